The van der Waals surface area contributed by atoms with Gasteiger partial charge in [-0.3, -0.25) is 9.59 Å². The molecule has 0 aliphatic carbocycles. The van der Waals surface area contributed by atoms with E-state index in [9.17, 15) is 9.59 Å². The molecule has 3 aromatic carbocycles. The van der Waals surface area contributed by atoms with E-state index in [1.54, 1.807) is 24.3 Å². The second kappa shape index (κ2) is 7.76. The summed E-state index contributed by atoms with van der Waals surface area (Å²) < 4.78 is 0. The summed E-state index contributed by atoms with van der Waals surface area (Å²) in [6, 6.07) is 30.4. The zero-order valence-electron chi connectivity index (χ0n) is 15.1. The van der Waals surface area contributed by atoms with Crippen LogP contribution >= 0.6 is 0 Å². The van der Waals surface area contributed by atoms with Gasteiger partial charge in [-0.2, -0.15) is 0 Å². The van der Waals surface area contributed by atoms with Gasteiger partial charge in [-0.25, -0.2) is 0 Å². The van der Waals surface area contributed by atoms with Crippen molar-refractivity contribution in [3.63, 3.8) is 0 Å². The summed E-state index contributed by atoms with van der Waals surface area (Å²) in [6.45, 7) is 0. The van der Waals surface area contributed by atoms with E-state index in [-0.39, 0.29) is 5.56 Å². The largest absolute Gasteiger partial charge is 0.322 e. The summed E-state index contributed by atoms with van der Waals surface area (Å²) in [5, 5.41) is 2.72. The van der Waals surface area contributed by atoms with E-state index in [1.165, 1.54) is 0 Å². The van der Waals surface area contributed by atoms with Gasteiger partial charge in [-0.05, 0) is 41.0 Å². The number of nitrogens with one attached hydrogen (secondary N) is 2. The molecule has 1 amide bonds. The molecule has 4 nitrogen and oxygen atoms in total. The molecule has 0 atom stereocenters. The molecule has 0 radical (unpaired) electrons. The Balaban J connectivity index is 1.56. The molecule has 4 rings (SSSR count). The third kappa shape index (κ3) is 3.76. The highest BCUT2D eigenvalue weighted by Gasteiger charge is 2.12. The third-order valence-electron chi connectivity index (χ3n) is 4.49. The predicted molar refractivity (Wildman–Crippen MR) is 112 cm³/mol. The molecule has 0 spiro atoms. The van der Waals surface area contributed by atoms with Gasteiger partial charge in [0.2, 0.25) is 0 Å². The van der Waals surface area contributed by atoms with Gasteiger partial charge in [0.15, 0.2) is 0 Å². The minimum absolute atomic E-state index is 0.0773. The Labute approximate surface area is 162 Å². The lowest BCUT2D eigenvalue weighted by Crippen LogP contribution is -2.23. The van der Waals surface area contributed by atoms with Gasteiger partial charge >= 0.3 is 0 Å². The lowest BCUT2D eigenvalue weighted by molar-refractivity contribution is 0.102. The standard InChI is InChI=1S/C24H18N2O2/c27-23(25-20-9-5-2-6-10-20)21-15-16-22(26-24(21)28)19-13-11-18(12-14-19)17-7-3-1-4-8-17/h1-16H,(H,25,27)(H,26,28). The Morgan fingerprint density at radius 2 is 1.21 bits per heavy atom. The fourth-order valence-corrected chi connectivity index (χ4v) is 3.01. The van der Waals surface area contributed by atoms with Gasteiger partial charge < -0.3 is 10.3 Å². The summed E-state index contributed by atoms with van der Waals surface area (Å²) in [5.74, 6) is -0.432. The summed E-state index contributed by atoms with van der Waals surface area (Å²) in [4.78, 5) is 27.6. The highest BCUT2D eigenvalue weighted by Crippen LogP contribution is 2.23. The van der Waals surface area contributed by atoms with Crippen molar-refractivity contribution in [1.82, 2.24) is 4.98 Å². The van der Waals surface area contributed by atoms with Gasteiger partial charge in [0.05, 0.1) is 0 Å². The van der Waals surface area contributed by atoms with E-state index in [0.717, 1.165) is 16.7 Å². The van der Waals surface area contributed by atoms with Crippen LogP contribution in [0.1, 0.15) is 10.4 Å². The first-order chi connectivity index (χ1) is 13.7. The zero-order valence-corrected chi connectivity index (χ0v) is 15.1. The van der Waals surface area contributed by atoms with E-state index in [0.29, 0.717) is 11.4 Å². The van der Waals surface area contributed by atoms with E-state index in [4.69, 9.17) is 0 Å². The van der Waals surface area contributed by atoms with Gasteiger partial charge in [-0.1, -0.05) is 72.8 Å². The lowest BCUT2D eigenvalue weighted by Gasteiger charge is -2.07. The molecule has 1 aromatic heterocycles. The number of amides is 1. The number of carbonyl (C=O) groups is 1. The minimum atomic E-state index is -0.432. The first-order valence-corrected chi connectivity index (χ1v) is 8.96. The van der Waals surface area contributed by atoms with Crippen molar-refractivity contribution < 1.29 is 4.79 Å². The van der Waals surface area contributed by atoms with Crippen LogP contribution in [0, 0.1) is 0 Å². The van der Waals surface area contributed by atoms with Gasteiger partial charge in [0.1, 0.15) is 5.56 Å². The Kier molecular flexibility index (Phi) is 4.85. The van der Waals surface area contributed by atoms with Crippen molar-refractivity contribution in [1.29, 1.82) is 0 Å². The number of H-pyrrole nitrogens is 1. The van der Waals surface area contributed by atoms with E-state index in [1.807, 2.05) is 60.7 Å². The van der Waals surface area contributed by atoms with Crippen LogP contribution in [0.25, 0.3) is 22.4 Å². The second-order valence-corrected chi connectivity index (χ2v) is 6.38. The quantitative estimate of drug-likeness (QED) is 0.536. The molecule has 4 aromatic rings. The number of benzene rings is 3. The van der Waals surface area contributed by atoms with E-state index in [2.05, 4.69) is 22.4 Å². The molecule has 136 valence electrons. The average molecular weight is 366 g/mol. The Morgan fingerprint density at radius 1 is 0.643 bits per heavy atom. The molecule has 2 N–H and O–H groups in total. The van der Waals surface area contributed by atoms with Crippen LogP contribution in [0.5, 0.6) is 0 Å². The second-order valence-electron chi connectivity index (χ2n) is 6.38. The van der Waals surface area contributed by atoms with Crippen LogP contribution in [0.3, 0.4) is 0 Å². The molecule has 28 heavy (non-hydrogen) atoms. The maximum absolute atomic E-state index is 12.4. The normalized spacial score (nSPS) is 10.4. The van der Waals surface area contributed by atoms with Gasteiger partial charge in [0.25, 0.3) is 11.5 Å². The number of carbonyl (C=O) groups excluding carboxylic acids is 1. The number of pyridine rings is 1. The highest BCUT2D eigenvalue weighted by molar-refractivity contribution is 6.04. The van der Waals surface area contributed by atoms with Crippen molar-refractivity contribution in [3.05, 3.63) is 113 Å². The Hall–Kier alpha value is -3.92. The Bertz CT molecular complexity index is 1150. The number of aromatic nitrogens is 1. The van der Waals surface area contributed by atoms with Crippen molar-refractivity contribution in [2.75, 3.05) is 5.32 Å². The van der Waals surface area contributed by atoms with E-state index >= 15 is 0 Å². The maximum atomic E-state index is 12.4. The molecule has 0 unspecified atom stereocenters. The van der Waals surface area contributed by atoms with Crippen molar-refractivity contribution in [2.24, 2.45) is 0 Å². The van der Waals surface area contributed by atoms with Crippen LogP contribution in [0.2, 0.25) is 0 Å². The van der Waals surface area contributed by atoms with Crippen LogP contribution in [-0.2, 0) is 0 Å². The van der Waals surface area contributed by atoms with Gasteiger partial charge in [0, 0.05) is 11.4 Å². The third-order valence-corrected chi connectivity index (χ3v) is 4.49. The lowest BCUT2D eigenvalue weighted by atomic mass is 10.0. The fraction of sp³-hybridized carbons (Fsp3) is 0. The fourth-order valence-electron chi connectivity index (χ4n) is 3.01. The molecule has 1 heterocycles. The summed E-state index contributed by atoms with van der Waals surface area (Å²) in [7, 11) is 0. The molecular weight excluding hydrogens is 348 g/mol. The molecule has 0 bridgehead atoms. The first kappa shape index (κ1) is 17.5. The first-order valence-electron chi connectivity index (χ1n) is 8.96. The molecule has 0 saturated carbocycles. The summed E-state index contributed by atoms with van der Waals surface area (Å²) in [5.41, 5.74) is 4.09. The highest BCUT2D eigenvalue weighted by atomic mass is 16.2. The Morgan fingerprint density at radius 3 is 1.86 bits per heavy atom. The molecule has 0 fully saturated rings. The minimum Gasteiger partial charge on any atom is -0.322 e. The van der Waals surface area contributed by atoms with Crippen LogP contribution in [0.4, 0.5) is 5.69 Å². The number of rotatable bonds is 4. The van der Waals surface area contributed by atoms with Gasteiger partial charge in [-0.15, -0.1) is 0 Å². The number of anilines is 1. The molecule has 4 heteroatoms. The maximum Gasteiger partial charge on any atom is 0.261 e. The SMILES string of the molecule is O=C(Nc1ccccc1)c1ccc(-c2ccc(-c3ccccc3)cc2)[nH]c1=O. The molecular formula is C24H18N2O2. The number of hydrogen-bond donors (Lipinski definition) is 2. The topological polar surface area (TPSA) is 62.0 Å². The van der Waals surface area contributed by atoms with Crippen LogP contribution in [0.15, 0.2) is 102 Å². The smallest absolute Gasteiger partial charge is 0.261 e. The average Bonchev–Trinajstić information content (AvgIpc) is 2.75. The van der Waals surface area contributed by atoms with Crippen LogP contribution in [-0.4, -0.2) is 10.9 Å². The van der Waals surface area contributed by atoms with E-state index < -0.39 is 11.5 Å². The number of hydrogen-bond acceptors (Lipinski definition) is 2. The van der Waals surface area contributed by atoms with Crippen molar-refractivity contribution >= 4 is 11.6 Å². The zero-order chi connectivity index (χ0) is 19.3. The predicted octanol–water partition coefficient (Wildman–Crippen LogP) is 4.96. The van der Waals surface area contributed by atoms with Crippen LogP contribution < -0.4 is 10.9 Å². The summed E-state index contributed by atoms with van der Waals surface area (Å²) >= 11 is 0. The van der Waals surface area contributed by atoms with Crippen molar-refractivity contribution in [2.45, 2.75) is 0 Å². The summed E-state index contributed by atoms with van der Waals surface area (Å²) in [6.07, 6.45) is 0. The molecule has 0 aliphatic heterocycles. The molecule has 0 aliphatic rings. The number of aromatic amines is 1. The van der Waals surface area contributed by atoms with Crippen molar-refractivity contribution in [3.8, 4) is 22.4 Å². The molecule has 0 saturated heterocycles. The monoisotopic (exact) mass is 366 g/mol. The number of para-hydroxylation sites is 1.